The van der Waals surface area contributed by atoms with Crippen LogP contribution in [0.1, 0.15) is 17.9 Å². The molecular weight excluding hydrogens is 228 g/mol. The monoisotopic (exact) mass is 238 g/mol. The molecule has 1 aliphatic rings. The largest absolute Gasteiger partial charge is 0.463 e. The maximum absolute atomic E-state index is 11.5. The lowest BCUT2D eigenvalue weighted by molar-refractivity contribution is -0.152. The van der Waals surface area contributed by atoms with E-state index in [1.807, 2.05) is 18.2 Å². The van der Waals surface area contributed by atoms with Gasteiger partial charge >= 0.3 is 5.97 Å². The van der Waals surface area contributed by atoms with Crippen molar-refractivity contribution in [3.63, 3.8) is 0 Å². The molecule has 0 spiro atoms. The number of methoxy groups -OCH3 is 1. The highest BCUT2D eigenvalue weighted by Crippen LogP contribution is 2.50. The SMILES string of the molecule is COC(=O)C(=O)C1C[C@H]1c1ccccc1Cl. The van der Waals surface area contributed by atoms with Crippen LogP contribution in [0.25, 0.3) is 0 Å². The summed E-state index contributed by atoms with van der Waals surface area (Å²) in [5.74, 6) is -1.40. The Kier molecular flexibility index (Phi) is 2.97. The second-order valence-corrected chi connectivity index (χ2v) is 4.23. The molecule has 1 aromatic rings. The Bertz CT molecular complexity index is 442. The summed E-state index contributed by atoms with van der Waals surface area (Å²) in [5.41, 5.74) is 0.936. The lowest BCUT2D eigenvalue weighted by atomic mass is 10.1. The van der Waals surface area contributed by atoms with E-state index in [9.17, 15) is 9.59 Å². The first kappa shape index (κ1) is 11.1. The number of esters is 1. The molecule has 0 bridgehead atoms. The molecule has 0 amide bonds. The van der Waals surface area contributed by atoms with Crippen LogP contribution in [-0.4, -0.2) is 18.9 Å². The van der Waals surface area contributed by atoms with Crippen LogP contribution in [0.2, 0.25) is 5.02 Å². The summed E-state index contributed by atoms with van der Waals surface area (Å²) in [6, 6.07) is 7.39. The number of Topliss-reactive ketones (excluding diaryl/α,β-unsaturated/α-hetero) is 1. The van der Waals surface area contributed by atoms with Crippen LogP contribution in [0.4, 0.5) is 0 Å². The number of hydrogen-bond acceptors (Lipinski definition) is 3. The molecule has 0 aliphatic heterocycles. The molecule has 0 saturated heterocycles. The molecule has 0 radical (unpaired) electrons. The van der Waals surface area contributed by atoms with E-state index in [-0.39, 0.29) is 11.8 Å². The predicted octanol–water partition coefficient (Wildman–Crippen LogP) is 2.19. The fourth-order valence-electron chi connectivity index (χ4n) is 1.86. The summed E-state index contributed by atoms with van der Waals surface area (Å²) >= 11 is 6.02. The molecule has 0 aromatic heterocycles. The van der Waals surface area contributed by atoms with Crippen molar-refractivity contribution in [2.45, 2.75) is 12.3 Å². The van der Waals surface area contributed by atoms with Gasteiger partial charge in [-0.15, -0.1) is 0 Å². The van der Waals surface area contributed by atoms with Gasteiger partial charge in [-0.05, 0) is 24.0 Å². The third kappa shape index (κ3) is 1.95. The van der Waals surface area contributed by atoms with Gasteiger partial charge in [-0.1, -0.05) is 29.8 Å². The quantitative estimate of drug-likeness (QED) is 0.599. The summed E-state index contributed by atoms with van der Waals surface area (Å²) in [6.45, 7) is 0. The average Bonchev–Trinajstić information content (AvgIpc) is 3.07. The van der Waals surface area contributed by atoms with Crippen molar-refractivity contribution in [2.24, 2.45) is 5.92 Å². The molecular formula is C12H11ClO3. The maximum Gasteiger partial charge on any atom is 0.374 e. The lowest BCUT2D eigenvalue weighted by Crippen LogP contribution is -2.17. The summed E-state index contributed by atoms with van der Waals surface area (Å²) < 4.78 is 4.41. The van der Waals surface area contributed by atoms with Gasteiger partial charge in [0.25, 0.3) is 0 Å². The molecule has 84 valence electrons. The first-order chi connectivity index (χ1) is 7.65. The molecule has 1 unspecified atom stereocenters. The van der Waals surface area contributed by atoms with E-state index in [2.05, 4.69) is 4.74 Å². The second kappa shape index (κ2) is 4.26. The van der Waals surface area contributed by atoms with Gasteiger partial charge in [0, 0.05) is 10.9 Å². The van der Waals surface area contributed by atoms with Gasteiger partial charge in [0.1, 0.15) is 0 Å². The highest BCUT2D eigenvalue weighted by atomic mass is 35.5. The van der Waals surface area contributed by atoms with Crippen molar-refractivity contribution in [2.75, 3.05) is 7.11 Å². The number of hydrogen-bond donors (Lipinski definition) is 0. The Morgan fingerprint density at radius 2 is 2.06 bits per heavy atom. The van der Waals surface area contributed by atoms with Gasteiger partial charge in [-0.25, -0.2) is 4.79 Å². The van der Waals surface area contributed by atoms with Crippen LogP contribution in [0.5, 0.6) is 0 Å². The molecule has 0 heterocycles. The molecule has 1 aromatic carbocycles. The minimum absolute atomic E-state index is 0.0697. The molecule has 0 N–H and O–H groups in total. The van der Waals surface area contributed by atoms with Gasteiger partial charge in [-0.2, -0.15) is 0 Å². The molecule has 1 aliphatic carbocycles. The minimum Gasteiger partial charge on any atom is -0.463 e. The van der Waals surface area contributed by atoms with E-state index in [4.69, 9.17) is 11.6 Å². The molecule has 2 atom stereocenters. The Balaban J connectivity index is 2.10. The third-order valence-corrected chi connectivity index (χ3v) is 3.16. The van der Waals surface area contributed by atoms with E-state index < -0.39 is 11.8 Å². The van der Waals surface area contributed by atoms with E-state index >= 15 is 0 Å². The summed E-state index contributed by atoms with van der Waals surface area (Å²) in [6.07, 6.45) is 0.678. The molecule has 1 fully saturated rings. The number of rotatable bonds is 3. The fraction of sp³-hybridized carbons (Fsp3) is 0.333. The number of benzene rings is 1. The van der Waals surface area contributed by atoms with E-state index in [1.165, 1.54) is 7.11 Å². The Hall–Kier alpha value is -1.35. The first-order valence-electron chi connectivity index (χ1n) is 5.01. The van der Waals surface area contributed by atoms with Crippen LogP contribution in [0.15, 0.2) is 24.3 Å². The second-order valence-electron chi connectivity index (χ2n) is 3.83. The maximum atomic E-state index is 11.5. The molecule has 16 heavy (non-hydrogen) atoms. The molecule has 3 nitrogen and oxygen atoms in total. The molecule has 1 saturated carbocycles. The summed E-state index contributed by atoms with van der Waals surface area (Å²) in [5, 5.41) is 0.646. The standard InChI is InChI=1S/C12H11ClO3/c1-16-12(15)11(14)9-6-8(9)7-4-2-3-5-10(7)13/h2-5,8-9H,6H2,1H3/t8-,9?/m0/s1. The van der Waals surface area contributed by atoms with E-state index in [0.717, 1.165) is 5.56 Å². The lowest BCUT2D eigenvalue weighted by Gasteiger charge is -2.02. The zero-order chi connectivity index (χ0) is 11.7. The zero-order valence-electron chi connectivity index (χ0n) is 8.77. The van der Waals surface area contributed by atoms with Gasteiger partial charge in [0.2, 0.25) is 5.78 Å². The van der Waals surface area contributed by atoms with Gasteiger partial charge in [-0.3, -0.25) is 4.79 Å². The normalized spacial score (nSPS) is 22.6. The van der Waals surface area contributed by atoms with Crippen LogP contribution >= 0.6 is 11.6 Å². The number of carbonyl (C=O) groups excluding carboxylic acids is 2. The third-order valence-electron chi connectivity index (χ3n) is 2.82. The van der Waals surface area contributed by atoms with Crippen molar-refractivity contribution >= 4 is 23.4 Å². The van der Waals surface area contributed by atoms with Gasteiger partial charge in [0.15, 0.2) is 0 Å². The Labute approximate surface area is 98.4 Å². The van der Waals surface area contributed by atoms with Crippen molar-refractivity contribution in [3.05, 3.63) is 34.9 Å². The zero-order valence-corrected chi connectivity index (χ0v) is 9.53. The molecule has 4 heteroatoms. The topological polar surface area (TPSA) is 43.4 Å². The van der Waals surface area contributed by atoms with E-state index in [1.54, 1.807) is 6.07 Å². The minimum atomic E-state index is -0.764. The highest BCUT2D eigenvalue weighted by Gasteiger charge is 2.47. The van der Waals surface area contributed by atoms with Crippen LogP contribution in [0.3, 0.4) is 0 Å². The Morgan fingerprint density at radius 1 is 1.38 bits per heavy atom. The van der Waals surface area contributed by atoms with Crippen molar-refractivity contribution in [1.82, 2.24) is 0 Å². The summed E-state index contributed by atoms with van der Waals surface area (Å²) in [7, 11) is 1.22. The fourth-order valence-corrected chi connectivity index (χ4v) is 2.13. The smallest absolute Gasteiger partial charge is 0.374 e. The molecule has 2 rings (SSSR count). The van der Waals surface area contributed by atoms with Crippen molar-refractivity contribution < 1.29 is 14.3 Å². The Morgan fingerprint density at radius 3 is 2.69 bits per heavy atom. The highest BCUT2D eigenvalue weighted by molar-refractivity contribution is 6.35. The number of ketones is 1. The number of ether oxygens (including phenoxy) is 1. The van der Waals surface area contributed by atoms with Crippen LogP contribution < -0.4 is 0 Å². The van der Waals surface area contributed by atoms with E-state index in [0.29, 0.717) is 11.4 Å². The van der Waals surface area contributed by atoms with Crippen LogP contribution in [-0.2, 0) is 14.3 Å². The number of carbonyl (C=O) groups is 2. The van der Waals surface area contributed by atoms with Crippen LogP contribution in [0, 0.1) is 5.92 Å². The first-order valence-corrected chi connectivity index (χ1v) is 5.39. The number of halogens is 1. The van der Waals surface area contributed by atoms with Crippen molar-refractivity contribution in [3.8, 4) is 0 Å². The summed E-state index contributed by atoms with van der Waals surface area (Å²) in [4.78, 5) is 22.6. The van der Waals surface area contributed by atoms with Gasteiger partial charge < -0.3 is 4.74 Å². The average molecular weight is 239 g/mol. The van der Waals surface area contributed by atoms with Gasteiger partial charge in [0.05, 0.1) is 7.11 Å². The predicted molar refractivity (Wildman–Crippen MR) is 59.3 cm³/mol. The van der Waals surface area contributed by atoms with Crippen molar-refractivity contribution in [1.29, 1.82) is 0 Å².